The molecule has 0 fully saturated rings. The van der Waals surface area contributed by atoms with Gasteiger partial charge in [0, 0.05) is 11.6 Å². The van der Waals surface area contributed by atoms with Crippen LogP contribution in [0.4, 0.5) is 0 Å². The van der Waals surface area contributed by atoms with E-state index in [4.69, 9.17) is 18.9 Å². The van der Waals surface area contributed by atoms with E-state index in [1.807, 2.05) is 42.5 Å². The van der Waals surface area contributed by atoms with Crippen molar-refractivity contribution in [2.45, 2.75) is 13.0 Å². The third-order valence-corrected chi connectivity index (χ3v) is 3.47. The third-order valence-electron chi connectivity index (χ3n) is 3.47. The second-order valence-electron chi connectivity index (χ2n) is 4.94. The van der Waals surface area contributed by atoms with E-state index in [2.05, 4.69) is 6.58 Å². The molecule has 0 bridgehead atoms. The van der Waals surface area contributed by atoms with E-state index in [9.17, 15) is 0 Å². The highest BCUT2D eigenvalue weighted by Crippen LogP contribution is 2.38. The van der Waals surface area contributed by atoms with Crippen molar-refractivity contribution in [3.05, 3.63) is 60.2 Å². The lowest BCUT2D eigenvalue weighted by molar-refractivity contribution is 0.173. The Bertz CT molecular complexity index is 662. The summed E-state index contributed by atoms with van der Waals surface area (Å²) in [5.41, 5.74) is 2.11. The molecule has 0 aliphatic carbocycles. The second-order valence-corrected chi connectivity index (χ2v) is 4.94. The van der Waals surface area contributed by atoms with Crippen molar-refractivity contribution in [3.63, 3.8) is 0 Å². The van der Waals surface area contributed by atoms with Gasteiger partial charge in [-0.25, -0.2) is 0 Å². The molecular formula is C18H18O4. The van der Waals surface area contributed by atoms with Crippen LogP contribution >= 0.6 is 0 Å². The van der Waals surface area contributed by atoms with Gasteiger partial charge in [0.1, 0.15) is 18.1 Å². The molecule has 0 saturated carbocycles. The minimum atomic E-state index is 0.255. The zero-order valence-electron chi connectivity index (χ0n) is 12.5. The molecule has 1 aliphatic rings. The largest absolute Gasteiger partial charge is 0.497 e. The molecule has 2 aromatic rings. The predicted molar refractivity (Wildman–Crippen MR) is 83.8 cm³/mol. The van der Waals surface area contributed by atoms with Crippen molar-refractivity contribution in [3.8, 4) is 23.0 Å². The van der Waals surface area contributed by atoms with Crippen LogP contribution in [0.5, 0.6) is 23.0 Å². The molecule has 4 nitrogen and oxygen atoms in total. The van der Waals surface area contributed by atoms with Crippen molar-refractivity contribution >= 4 is 0 Å². The lowest BCUT2D eigenvalue weighted by atomic mass is 10.1. The highest BCUT2D eigenvalue weighted by molar-refractivity contribution is 5.52. The van der Waals surface area contributed by atoms with E-state index in [1.165, 1.54) is 0 Å². The summed E-state index contributed by atoms with van der Waals surface area (Å²) in [6, 6.07) is 11.6. The molecule has 0 saturated heterocycles. The smallest absolute Gasteiger partial charge is 0.231 e. The summed E-state index contributed by atoms with van der Waals surface area (Å²) in [5, 5.41) is 0. The van der Waals surface area contributed by atoms with E-state index >= 15 is 0 Å². The number of methoxy groups -OCH3 is 1. The summed E-state index contributed by atoms with van der Waals surface area (Å²) in [7, 11) is 1.65. The number of allylic oxidation sites excluding steroid dienone is 1. The van der Waals surface area contributed by atoms with Gasteiger partial charge in [0.15, 0.2) is 11.5 Å². The van der Waals surface area contributed by atoms with Crippen LogP contribution in [-0.2, 0) is 13.0 Å². The van der Waals surface area contributed by atoms with E-state index < -0.39 is 0 Å². The molecule has 0 unspecified atom stereocenters. The number of hydrogen-bond donors (Lipinski definition) is 0. The van der Waals surface area contributed by atoms with Crippen molar-refractivity contribution in [1.82, 2.24) is 0 Å². The molecule has 4 heteroatoms. The van der Waals surface area contributed by atoms with Crippen LogP contribution in [0.15, 0.2) is 49.1 Å². The molecule has 0 radical (unpaired) electrons. The van der Waals surface area contributed by atoms with Crippen molar-refractivity contribution in [1.29, 1.82) is 0 Å². The SMILES string of the molecule is C=CCc1cc2c(cc1OCc1ccc(OC)cc1)OCO2. The summed E-state index contributed by atoms with van der Waals surface area (Å²) in [6.07, 6.45) is 2.56. The van der Waals surface area contributed by atoms with Gasteiger partial charge in [-0.15, -0.1) is 6.58 Å². The first-order chi connectivity index (χ1) is 10.8. The lowest BCUT2D eigenvalue weighted by Crippen LogP contribution is -1.99. The van der Waals surface area contributed by atoms with Gasteiger partial charge >= 0.3 is 0 Å². The van der Waals surface area contributed by atoms with Crippen molar-refractivity contribution in [2.75, 3.05) is 13.9 Å². The van der Waals surface area contributed by atoms with Gasteiger partial charge < -0.3 is 18.9 Å². The number of fused-ring (bicyclic) bond motifs is 1. The van der Waals surface area contributed by atoms with Gasteiger partial charge in [0.25, 0.3) is 0 Å². The fourth-order valence-electron chi connectivity index (χ4n) is 2.30. The predicted octanol–water partition coefficient (Wildman–Crippen LogP) is 3.73. The quantitative estimate of drug-likeness (QED) is 0.761. The van der Waals surface area contributed by atoms with E-state index in [1.54, 1.807) is 7.11 Å². The van der Waals surface area contributed by atoms with Crippen molar-refractivity contribution in [2.24, 2.45) is 0 Å². The Kier molecular flexibility index (Phi) is 4.19. The molecule has 0 atom stereocenters. The van der Waals surface area contributed by atoms with Crippen LogP contribution in [-0.4, -0.2) is 13.9 Å². The summed E-state index contributed by atoms with van der Waals surface area (Å²) in [5.74, 6) is 3.10. The number of hydrogen-bond acceptors (Lipinski definition) is 4. The first-order valence-electron chi connectivity index (χ1n) is 7.09. The maximum atomic E-state index is 5.95. The molecule has 114 valence electrons. The monoisotopic (exact) mass is 298 g/mol. The second kappa shape index (κ2) is 6.43. The Morgan fingerprint density at radius 2 is 1.86 bits per heavy atom. The van der Waals surface area contributed by atoms with Crippen LogP contribution in [0.3, 0.4) is 0 Å². The van der Waals surface area contributed by atoms with Gasteiger partial charge in [0.05, 0.1) is 7.11 Å². The average molecular weight is 298 g/mol. The fraction of sp³-hybridized carbons (Fsp3) is 0.222. The number of rotatable bonds is 6. The average Bonchev–Trinajstić information content (AvgIpc) is 3.00. The molecule has 0 N–H and O–H groups in total. The molecule has 22 heavy (non-hydrogen) atoms. The Balaban J connectivity index is 1.77. The maximum absolute atomic E-state index is 5.95. The Labute approximate surface area is 129 Å². The minimum Gasteiger partial charge on any atom is -0.497 e. The highest BCUT2D eigenvalue weighted by atomic mass is 16.7. The molecule has 0 amide bonds. The minimum absolute atomic E-state index is 0.255. The first-order valence-corrected chi connectivity index (χ1v) is 7.09. The van der Waals surface area contributed by atoms with Gasteiger partial charge in [-0.1, -0.05) is 18.2 Å². The zero-order chi connectivity index (χ0) is 15.4. The van der Waals surface area contributed by atoms with Crippen molar-refractivity contribution < 1.29 is 18.9 Å². The number of benzene rings is 2. The maximum Gasteiger partial charge on any atom is 0.231 e. The number of ether oxygens (including phenoxy) is 4. The molecule has 3 rings (SSSR count). The molecule has 0 spiro atoms. The topological polar surface area (TPSA) is 36.9 Å². The first kappa shape index (κ1) is 14.3. The van der Waals surface area contributed by atoms with Crippen LogP contribution in [0.25, 0.3) is 0 Å². The third kappa shape index (κ3) is 3.01. The van der Waals surface area contributed by atoms with E-state index in [0.717, 1.165) is 34.1 Å². The lowest BCUT2D eigenvalue weighted by Gasteiger charge is -2.12. The van der Waals surface area contributed by atoms with Crippen LogP contribution in [0.2, 0.25) is 0 Å². The Morgan fingerprint density at radius 3 is 2.55 bits per heavy atom. The van der Waals surface area contributed by atoms with Crippen LogP contribution in [0.1, 0.15) is 11.1 Å². The Morgan fingerprint density at radius 1 is 1.14 bits per heavy atom. The van der Waals surface area contributed by atoms with Gasteiger partial charge in [-0.05, 0) is 30.2 Å². The normalized spacial score (nSPS) is 12.0. The molecule has 1 aliphatic heterocycles. The van der Waals surface area contributed by atoms with Gasteiger partial charge in [0.2, 0.25) is 6.79 Å². The summed E-state index contributed by atoms with van der Waals surface area (Å²) in [4.78, 5) is 0. The standard InChI is InChI=1S/C18H18O4/c1-3-4-14-9-17-18(22-12-21-17)10-16(14)20-11-13-5-7-15(19-2)8-6-13/h3,5-10H,1,4,11-12H2,2H3. The summed E-state index contributed by atoms with van der Waals surface area (Å²) < 4.78 is 21.9. The van der Waals surface area contributed by atoms with Gasteiger partial charge in [-0.3, -0.25) is 0 Å². The highest BCUT2D eigenvalue weighted by Gasteiger charge is 2.17. The molecule has 0 aromatic heterocycles. The van der Waals surface area contributed by atoms with E-state index in [0.29, 0.717) is 13.0 Å². The van der Waals surface area contributed by atoms with E-state index in [-0.39, 0.29) is 6.79 Å². The molecular weight excluding hydrogens is 280 g/mol. The molecule has 2 aromatic carbocycles. The zero-order valence-corrected chi connectivity index (χ0v) is 12.5. The van der Waals surface area contributed by atoms with Crippen LogP contribution in [0, 0.1) is 0 Å². The fourth-order valence-corrected chi connectivity index (χ4v) is 2.30. The summed E-state index contributed by atoms with van der Waals surface area (Å²) >= 11 is 0. The molecule has 1 heterocycles. The Hall–Kier alpha value is -2.62. The van der Waals surface area contributed by atoms with Gasteiger partial charge in [-0.2, -0.15) is 0 Å². The van der Waals surface area contributed by atoms with Crippen LogP contribution < -0.4 is 18.9 Å². The summed E-state index contributed by atoms with van der Waals surface area (Å²) in [6.45, 7) is 4.52.